The molecule has 220 valence electrons. The van der Waals surface area contributed by atoms with E-state index in [0.29, 0.717) is 24.1 Å². The maximum absolute atomic E-state index is 11.3. The van der Waals surface area contributed by atoms with Gasteiger partial charge < -0.3 is 31.8 Å². The summed E-state index contributed by atoms with van der Waals surface area (Å²) in [7, 11) is 0. The van der Waals surface area contributed by atoms with Crippen LogP contribution in [0.4, 0.5) is 22.1 Å². The van der Waals surface area contributed by atoms with Crippen LogP contribution in [0.2, 0.25) is 5.02 Å². The van der Waals surface area contributed by atoms with Gasteiger partial charge in [-0.15, -0.1) is 24.8 Å². The third-order valence-corrected chi connectivity index (χ3v) is 5.39. The van der Waals surface area contributed by atoms with Crippen molar-refractivity contribution in [1.82, 2.24) is 15.3 Å². The van der Waals surface area contributed by atoms with Crippen molar-refractivity contribution in [1.29, 1.82) is 0 Å². The van der Waals surface area contributed by atoms with E-state index in [4.69, 9.17) is 27.8 Å². The Morgan fingerprint density at radius 1 is 0.975 bits per heavy atom. The number of fused-ring (bicyclic) bond motifs is 1. The van der Waals surface area contributed by atoms with Gasteiger partial charge in [-0.2, -0.15) is 0 Å². The second-order valence-corrected chi connectivity index (χ2v) is 9.96. The van der Waals surface area contributed by atoms with Crippen molar-refractivity contribution in [2.75, 3.05) is 24.1 Å². The van der Waals surface area contributed by atoms with E-state index in [0.717, 1.165) is 40.8 Å². The summed E-state index contributed by atoms with van der Waals surface area (Å²) in [6.07, 6.45) is 1.27. The first-order valence-corrected chi connectivity index (χ1v) is 12.5. The van der Waals surface area contributed by atoms with Gasteiger partial charge in [-0.05, 0) is 93.7 Å². The molecule has 3 aromatic carbocycles. The Bertz CT molecular complexity index is 1290. The molecule has 1 aromatic heterocycles. The van der Waals surface area contributed by atoms with Crippen molar-refractivity contribution in [2.45, 2.75) is 46.6 Å². The van der Waals surface area contributed by atoms with E-state index in [9.17, 15) is 4.79 Å². The van der Waals surface area contributed by atoms with E-state index in [1.807, 2.05) is 75.4 Å². The summed E-state index contributed by atoms with van der Waals surface area (Å²) in [4.78, 5) is 19.0. The Balaban J connectivity index is 0.000000717. The molecular formula is C29H41Cl3N6O2. The SMILES string of the molecule is C.CC(C)(C)OC(=O)NCCc1ccc(N)cc1.Cl.Cl.NCCc1ccc(Nc2nc3ccc(Cl)cc3[nH]2)cc1. The van der Waals surface area contributed by atoms with E-state index in [-0.39, 0.29) is 38.3 Å². The number of ether oxygens (including phenoxy) is 1. The number of aromatic nitrogens is 2. The Morgan fingerprint density at radius 3 is 2.17 bits per heavy atom. The first-order valence-electron chi connectivity index (χ1n) is 12.1. The van der Waals surface area contributed by atoms with Crippen LogP contribution in [0.1, 0.15) is 39.3 Å². The van der Waals surface area contributed by atoms with Crippen molar-refractivity contribution < 1.29 is 9.53 Å². The summed E-state index contributed by atoms with van der Waals surface area (Å²) in [5.41, 5.74) is 16.6. The van der Waals surface area contributed by atoms with Gasteiger partial charge in [-0.3, -0.25) is 0 Å². The Kier molecular flexibility index (Phi) is 16.1. The monoisotopic (exact) mass is 610 g/mol. The van der Waals surface area contributed by atoms with Crippen LogP contribution in [0.5, 0.6) is 0 Å². The number of amides is 1. The third kappa shape index (κ3) is 12.8. The number of aromatic amines is 1. The highest BCUT2D eigenvalue weighted by molar-refractivity contribution is 6.31. The number of imidazole rings is 1. The number of nitrogens with two attached hydrogens (primary N) is 2. The highest BCUT2D eigenvalue weighted by atomic mass is 35.5. The summed E-state index contributed by atoms with van der Waals surface area (Å²) >= 11 is 5.96. The maximum Gasteiger partial charge on any atom is 0.407 e. The predicted molar refractivity (Wildman–Crippen MR) is 174 cm³/mol. The number of rotatable bonds is 7. The number of hydrogen-bond donors (Lipinski definition) is 5. The van der Waals surface area contributed by atoms with Gasteiger partial charge in [0.05, 0.1) is 11.0 Å². The second kappa shape index (κ2) is 17.5. The number of halogens is 3. The molecule has 0 bridgehead atoms. The number of benzene rings is 3. The molecule has 0 unspecified atom stereocenters. The van der Waals surface area contributed by atoms with Crippen molar-refractivity contribution in [3.63, 3.8) is 0 Å². The van der Waals surface area contributed by atoms with Crippen LogP contribution in [-0.2, 0) is 17.6 Å². The summed E-state index contributed by atoms with van der Waals surface area (Å²) < 4.78 is 5.12. The standard InChI is InChI=1S/C15H15ClN4.C13H20N2O2.CH4.2ClH/c16-11-3-6-13-14(9-11)20-15(19-13)18-12-4-1-10(2-5-12)7-8-17;1-13(2,3)17-12(16)15-9-8-10-4-6-11(14)7-5-10;;;/h1-6,9H,7-8,17H2,(H2,18,19,20);4-7H,8-9,14H2,1-3H3,(H,15,16);1H4;2*1H. The van der Waals surface area contributed by atoms with Gasteiger partial charge in [-0.1, -0.05) is 43.3 Å². The first kappa shape index (κ1) is 36.8. The number of anilines is 3. The van der Waals surface area contributed by atoms with E-state index in [1.165, 1.54) is 5.56 Å². The van der Waals surface area contributed by atoms with Crippen molar-refractivity contribution in [3.8, 4) is 0 Å². The van der Waals surface area contributed by atoms with Gasteiger partial charge >= 0.3 is 6.09 Å². The van der Waals surface area contributed by atoms with Gasteiger partial charge in [0.1, 0.15) is 5.60 Å². The highest BCUT2D eigenvalue weighted by Gasteiger charge is 2.15. The Labute approximate surface area is 254 Å². The van der Waals surface area contributed by atoms with Gasteiger partial charge in [-0.25, -0.2) is 9.78 Å². The maximum atomic E-state index is 11.3. The molecule has 0 atom stereocenters. The molecular weight excluding hydrogens is 571 g/mol. The molecule has 0 fully saturated rings. The predicted octanol–water partition coefficient (Wildman–Crippen LogP) is 7.28. The van der Waals surface area contributed by atoms with Crippen LogP contribution < -0.4 is 22.1 Å². The molecule has 40 heavy (non-hydrogen) atoms. The van der Waals surface area contributed by atoms with Crippen LogP contribution in [0.15, 0.2) is 66.7 Å². The minimum absolute atomic E-state index is 0. The number of carbonyl (C=O) groups is 1. The fourth-order valence-electron chi connectivity index (χ4n) is 3.41. The highest BCUT2D eigenvalue weighted by Crippen LogP contribution is 2.21. The fourth-order valence-corrected chi connectivity index (χ4v) is 3.58. The van der Waals surface area contributed by atoms with E-state index < -0.39 is 5.60 Å². The number of nitrogen functional groups attached to an aromatic ring is 1. The summed E-state index contributed by atoms with van der Waals surface area (Å²) in [5.74, 6) is 0.703. The zero-order valence-corrected chi connectivity index (χ0v) is 24.7. The van der Waals surface area contributed by atoms with Crippen molar-refractivity contribution in [3.05, 3.63) is 82.9 Å². The van der Waals surface area contributed by atoms with Crippen LogP contribution in [0.25, 0.3) is 11.0 Å². The Morgan fingerprint density at radius 2 is 1.57 bits per heavy atom. The van der Waals surface area contributed by atoms with E-state index in [1.54, 1.807) is 0 Å². The molecule has 1 heterocycles. The second-order valence-electron chi connectivity index (χ2n) is 9.53. The molecule has 0 radical (unpaired) electrons. The smallest absolute Gasteiger partial charge is 0.407 e. The van der Waals surface area contributed by atoms with Crippen LogP contribution in [0.3, 0.4) is 0 Å². The fraction of sp³-hybridized carbons (Fsp3) is 0.310. The largest absolute Gasteiger partial charge is 0.444 e. The number of nitrogens with zero attached hydrogens (tertiary/aromatic N) is 1. The molecule has 8 nitrogen and oxygen atoms in total. The molecule has 0 aliphatic carbocycles. The average molecular weight is 612 g/mol. The number of H-pyrrole nitrogens is 1. The lowest BCUT2D eigenvalue weighted by atomic mass is 10.1. The summed E-state index contributed by atoms with van der Waals surface area (Å²) in [5, 5.41) is 6.64. The molecule has 4 rings (SSSR count). The lowest BCUT2D eigenvalue weighted by Crippen LogP contribution is -2.33. The van der Waals surface area contributed by atoms with Gasteiger partial charge in [0.25, 0.3) is 0 Å². The van der Waals surface area contributed by atoms with E-state index in [2.05, 4.69) is 32.7 Å². The molecule has 0 saturated heterocycles. The van der Waals surface area contributed by atoms with Crippen LogP contribution >= 0.6 is 36.4 Å². The van der Waals surface area contributed by atoms with Gasteiger partial charge in [0.15, 0.2) is 0 Å². The first-order chi connectivity index (χ1) is 17.6. The lowest BCUT2D eigenvalue weighted by Gasteiger charge is -2.19. The number of carbonyl (C=O) groups excluding carboxylic acids is 1. The molecule has 4 aromatic rings. The number of alkyl carbamates (subject to hydrolysis) is 1. The molecule has 0 saturated carbocycles. The topological polar surface area (TPSA) is 131 Å². The molecule has 0 aliphatic rings. The lowest BCUT2D eigenvalue weighted by molar-refractivity contribution is 0.0528. The zero-order valence-electron chi connectivity index (χ0n) is 22.3. The molecule has 0 aliphatic heterocycles. The molecule has 0 spiro atoms. The van der Waals surface area contributed by atoms with Crippen molar-refractivity contribution in [2.24, 2.45) is 5.73 Å². The minimum atomic E-state index is -0.453. The van der Waals surface area contributed by atoms with Gasteiger partial charge in [0, 0.05) is 22.9 Å². The zero-order chi connectivity index (χ0) is 26.8. The summed E-state index contributed by atoms with van der Waals surface area (Å²) in [6.45, 7) is 6.74. The average Bonchev–Trinajstić information content (AvgIpc) is 3.22. The van der Waals surface area contributed by atoms with Crippen LogP contribution in [-0.4, -0.2) is 34.8 Å². The minimum Gasteiger partial charge on any atom is -0.444 e. The molecule has 11 heteroatoms. The summed E-state index contributed by atoms with van der Waals surface area (Å²) in [6, 6.07) is 21.4. The Hall–Kier alpha value is -3.17. The molecule has 7 N–H and O–H groups in total. The van der Waals surface area contributed by atoms with Crippen molar-refractivity contribution >= 4 is 70.9 Å². The normalized spacial score (nSPS) is 10.1. The molecule has 1 amide bonds. The number of hydrogen-bond acceptors (Lipinski definition) is 6. The van der Waals surface area contributed by atoms with E-state index >= 15 is 0 Å². The third-order valence-electron chi connectivity index (χ3n) is 5.16. The van der Waals surface area contributed by atoms with Gasteiger partial charge in [0.2, 0.25) is 5.95 Å². The van der Waals surface area contributed by atoms with Crippen LogP contribution in [0, 0.1) is 0 Å². The quantitative estimate of drug-likeness (QED) is 0.140. The number of nitrogens with one attached hydrogen (secondary N) is 3.